The zero-order valence-electron chi connectivity index (χ0n) is 15.7. The van der Waals surface area contributed by atoms with Gasteiger partial charge in [0.2, 0.25) is 10.8 Å². The Morgan fingerprint density at radius 1 is 1.27 bits per heavy atom. The van der Waals surface area contributed by atoms with Crippen LogP contribution in [0, 0.1) is 12.8 Å². The second kappa shape index (κ2) is 7.00. The summed E-state index contributed by atoms with van der Waals surface area (Å²) >= 11 is 1.58. The first-order valence-corrected chi connectivity index (χ1v) is 10.4. The Labute approximate surface area is 158 Å². The maximum Gasteiger partial charge on any atom is 0.235 e. The van der Waals surface area contributed by atoms with Crippen molar-refractivity contribution in [2.24, 2.45) is 5.92 Å². The number of quaternary nitrogens is 1. The van der Waals surface area contributed by atoms with Crippen molar-refractivity contribution in [3.8, 4) is 5.88 Å². The van der Waals surface area contributed by atoms with Gasteiger partial charge in [-0.15, -0.1) is 5.10 Å². The number of hydrogen-bond acceptors (Lipinski definition) is 4. The van der Waals surface area contributed by atoms with Gasteiger partial charge in [-0.25, -0.2) is 4.98 Å². The second-order valence-corrected chi connectivity index (χ2v) is 8.56. The van der Waals surface area contributed by atoms with Crippen LogP contribution in [0.1, 0.15) is 54.6 Å². The standard InChI is InChI=1S/C20H26N4OS/c1-4-16-21-20-24(22-16)19(25)18(26-20)17(15-7-5-13(2)6-8-15)23-11-9-14(3)10-12-23/h5-8,14,17,25H,4,9-12H2,1-3H3/p+1/t17-/m1/s1. The third kappa shape index (κ3) is 3.12. The zero-order valence-corrected chi connectivity index (χ0v) is 16.5. The van der Waals surface area contributed by atoms with Crippen LogP contribution in [0.5, 0.6) is 5.88 Å². The minimum Gasteiger partial charge on any atom is -0.492 e. The first-order chi connectivity index (χ1) is 12.6. The molecule has 3 heterocycles. The van der Waals surface area contributed by atoms with Crippen LogP contribution in [-0.4, -0.2) is 32.8 Å². The summed E-state index contributed by atoms with van der Waals surface area (Å²) in [6, 6.07) is 8.88. The fourth-order valence-electron chi connectivity index (χ4n) is 3.88. The van der Waals surface area contributed by atoms with Gasteiger partial charge in [0.1, 0.15) is 4.88 Å². The SMILES string of the molecule is CCc1nc2sc([C@@H](c3ccc(C)cc3)[NH+]3CCC(C)CC3)c(O)n2n1. The number of rotatable bonds is 4. The van der Waals surface area contributed by atoms with Gasteiger partial charge in [0.15, 0.2) is 11.9 Å². The largest absolute Gasteiger partial charge is 0.492 e. The number of likely N-dealkylation sites (tertiary alicyclic amines) is 1. The van der Waals surface area contributed by atoms with Crippen LogP contribution in [0.15, 0.2) is 24.3 Å². The smallest absolute Gasteiger partial charge is 0.235 e. The first kappa shape index (κ1) is 17.5. The highest BCUT2D eigenvalue weighted by Gasteiger charge is 2.34. The summed E-state index contributed by atoms with van der Waals surface area (Å²) < 4.78 is 1.62. The molecular weight excluding hydrogens is 344 g/mol. The van der Waals surface area contributed by atoms with Crippen LogP contribution in [0.4, 0.5) is 0 Å². The molecule has 0 radical (unpaired) electrons. The van der Waals surface area contributed by atoms with Gasteiger partial charge in [-0.2, -0.15) is 4.52 Å². The summed E-state index contributed by atoms with van der Waals surface area (Å²) in [6.45, 7) is 8.75. The fourth-order valence-corrected chi connectivity index (χ4v) is 5.04. The molecule has 1 aromatic carbocycles. The first-order valence-electron chi connectivity index (χ1n) is 9.55. The monoisotopic (exact) mass is 371 g/mol. The lowest BCUT2D eigenvalue weighted by molar-refractivity contribution is -0.931. The molecule has 1 atom stereocenters. The molecule has 1 fully saturated rings. The molecular formula is C20H27N4OS+. The summed E-state index contributed by atoms with van der Waals surface area (Å²) in [7, 11) is 0. The van der Waals surface area contributed by atoms with Crippen molar-refractivity contribution in [1.29, 1.82) is 0 Å². The second-order valence-electron chi connectivity index (χ2n) is 7.55. The molecule has 0 aliphatic carbocycles. The quantitative estimate of drug-likeness (QED) is 0.741. The highest BCUT2D eigenvalue weighted by atomic mass is 32.1. The Morgan fingerprint density at radius 2 is 1.96 bits per heavy atom. The van der Waals surface area contributed by atoms with Gasteiger partial charge >= 0.3 is 0 Å². The van der Waals surface area contributed by atoms with E-state index in [0.29, 0.717) is 0 Å². The molecule has 1 aliphatic rings. The number of aryl methyl sites for hydroxylation is 2. The number of nitrogens with zero attached hydrogens (tertiary/aromatic N) is 3. The van der Waals surface area contributed by atoms with Gasteiger partial charge in [-0.05, 0) is 25.7 Å². The molecule has 6 heteroatoms. The van der Waals surface area contributed by atoms with Gasteiger partial charge in [0.25, 0.3) is 0 Å². The van der Waals surface area contributed by atoms with Crippen molar-refractivity contribution >= 4 is 16.3 Å². The number of aromatic nitrogens is 3. The molecule has 138 valence electrons. The van der Waals surface area contributed by atoms with E-state index in [0.717, 1.165) is 41.1 Å². The zero-order chi connectivity index (χ0) is 18.3. The third-order valence-corrected chi connectivity index (χ3v) is 6.64. The predicted molar refractivity (Wildman–Crippen MR) is 104 cm³/mol. The molecule has 3 aromatic rings. The molecule has 2 N–H and O–H groups in total. The van der Waals surface area contributed by atoms with Crippen LogP contribution in [-0.2, 0) is 6.42 Å². The maximum atomic E-state index is 10.9. The number of nitrogens with one attached hydrogen (secondary N) is 1. The van der Waals surface area contributed by atoms with Gasteiger partial charge in [0, 0.05) is 12.0 Å². The van der Waals surface area contributed by atoms with Crippen LogP contribution >= 0.6 is 11.3 Å². The van der Waals surface area contributed by atoms with E-state index in [1.54, 1.807) is 15.9 Å². The van der Waals surface area contributed by atoms with E-state index < -0.39 is 0 Å². The van der Waals surface area contributed by atoms with Crippen molar-refractivity contribution < 1.29 is 10.0 Å². The highest BCUT2D eigenvalue weighted by Crippen LogP contribution is 2.35. The van der Waals surface area contributed by atoms with Gasteiger partial charge < -0.3 is 10.0 Å². The van der Waals surface area contributed by atoms with Crippen LogP contribution in [0.2, 0.25) is 0 Å². The number of piperidine rings is 1. The molecule has 0 saturated carbocycles. The molecule has 1 aliphatic heterocycles. The van der Waals surface area contributed by atoms with Crippen molar-refractivity contribution in [3.63, 3.8) is 0 Å². The summed E-state index contributed by atoms with van der Waals surface area (Å²) in [5.74, 6) is 1.83. The summed E-state index contributed by atoms with van der Waals surface area (Å²) in [4.78, 5) is 7.86. The average molecular weight is 372 g/mol. The van der Waals surface area contributed by atoms with E-state index in [2.05, 4.69) is 48.2 Å². The number of thiazole rings is 1. The lowest BCUT2D eigenvalue weighted by Crippen LogP contribution is -3.13. The van der Waals surface area contributed by atoms with Crippen molar-refractivity contribution in [1.82, 2.24) is 14.6 Å². The highest BCUT2D eigenvalue weighted by molar-refractivity contribution is 7.17. The van der Waals surface area contributed by atoms with Crippen LogP contribution in [0.25, 0.3) is 4.96 Å². The third-order valence-electron chi connectivity index (χ3n) is 5.56. The topological polar surface area (TPSA) is 54.9 Å². The molecule has 4 rings (SSSR count). The lowest BCUT2D eigenvalue weighted by atomic mass is 9.95. The van der Waals surface area contributed by atoms with Crippen LogP contribution in [0.3, 0.4) is 0 Å². The minimum absolute atomic E-state index is 0.140. The molecule has 0 unspecified atom stereocenters. The van der Waals surface area contributed by atoms with Gasteiger partial charge in [-0.3, -0.25) is 0 Å². The molecule has 1 saturated heterocycles. The summed E-state index contributed by atoms with van der Waals surface area (Å²) in [6.07, 6.45) is 3.25. The number of fused-ring (bicyclic) bond motifs is 1. The Balaban J connectivity index is 1.78. The number of benzene rings is 1. The molecule has 2 aromatic heterocycles. The van der Waals surface area contributed by atoms with Crippen molar-refractivity contribution in [2.75, 3.05) is 13.1 Å². The average Bonchev–Trinajstić information content (AvgIpc) is 3.18. The van der Waals surface area contributed by atoms with Crippen molar-refractivity contribution in [2.45, 2.75) is 46.1 Å². The van der Waals surface area contributed by atoms with E-state index in [9.17, 15) is 5.11 Å². The maximum absolute atomic E-state index is 10.9. The van der Waals surface area contributed by atoms with E-state index in [1.807, 2.05) is 6.92 Å². The predicted octanol–water partition coefficient (Wildman–Crippen LogP) is 2.77. The Morgan fingerprint density at radius 3 is 2.58 bits per heavy atom. The Kier molecular flexibility index (Phi) is 4.71. The van der Waals surface area contributed by atoms with E-state index in [-0.39, 0.29) is 11.9 Å². The van der Waals surface area contributed by atoms with E-state index >= 15 is 0 Å². The van der Waals surface area contributed by atoms with Gasteiger partial charge in [0.05, 0.1) is 13.1 Å². The molecule has 0 amide bonds. The summed E-state index contributed by atoms with van der Waals surface area (Å²) in [5, 5.41) is 15.4. The molecule has 0 bridgehead atoms. The summed E-state index contributed by atoms with van der Waals surface area (Å²) in [5.41, 5.74) is 2.52. The van der Waals surface area contributed by atoms with Crippen LogP contribution < -0.4 is 4.90 Å². The van der Waals surface area contributed by atoms with E-state index in [4.69, 9.17) is 0 Å². The Bertz CT molecular complexity index is 891. The van der Waals surface area contributed by atoms with E-state index in [1.165, 1.54) is 28.9 Å². The van der Waals surface area contributed by atoms with Gasteiger partial charge in [-0.1, -0.05) is 55.0 Å². The number of hydrogen-bond donors (Lipinski definition) is 2. The van der Waals surface area contributed by atoms with Crippen molar-refractivity contribution in [3.05, 3.63) is 46.1 Å². The normalized spacial score (nSPS) is 22.0. The number of aromatic hydroxyl groups is 1. The Hall–Kier alpha value is -1.92. The molecule has 26 heavy (non-hydrogen) atoms. The minimum atomic E-state index is 0.140. The molecule has 5 nitrogen and oxygen atoms in total. The molecule has 0 spiro atoms. The fraction of sp³-hybridized carbons (Fsp3) is 0.500. The lowest BCUT2D eigenvalue weighted by Gasteiger charge is -2.33.